The average Bonchev–Trinajstić information content (AvgIpc) is 2.76. The molecule has 2 aromatic carbocycles. The third-order valence-corrected chi connectivity index (χ3v) is 3.98. The van der Waals surface area contributed by atoms with Gasteiger partial charge in [0.2, 0.25) is 0 Å². The van der Waals surface area contributed by atoms with Crippen molar-refractivity contribution in [2.24, 2.45) is 5.73 Å². The molecule has 1 aliphatic rings. The van der Waals surface area contributed by atoms with Gasteiger partial charge in [-0.2, -0.15) is 0 Å². The van der Waals surface area contributed by atoms with Crippen LogP contribution in [0, 0.1) is 10.1 Å². The maximum absolute atomic E-state index is 11.1. The van der Waals surface area contributed by atoms with Gasteiger partial charge in [0.05, 0.1) is 11.0 Å². The van der Waals surface area contributed by atoms with Crippen molar-refractivity contribution in [3.05, 3.63) is 68.7 Å². The Morgan fingerprint density at radius 3 is 2.67 bits per heavy atom. The van der Waals surface area contributed by atoms with Crippen LogP contribution in [0.3, 0.4) is 0 Å². The van der Waals surface area contributed by atoms with Gasteiger partial charge in [-0.3, -0.25) is 10.1 Å². The number of rotatable bonds is 3. The molecule has 0 bridgehead atoms. The molecule has 0 spiro atoms. The predicted octanol–water partition coefficient (Wildman–Crippen LogP) is 3.80. The van der Waals surface area contributed by atoms with Crippen LogP contribution in [-0.2, 0) is 0 Å². The SMILES string of the molecule is NC1CC(Nc2cc(Cl)ccc2[N+](=O)[O-])c2ccccc21. The number of nitrogens with zero attached hydrogens (tertiary/aromatic N) is 1. The third kappa shape index (κ3) is 2.57. The summed E-state index contributed by atoms with van der Waals surface area (Å²) in [6, 6.07) is 12.3. The van der Waals surface area contributed by atoms with E-state index in [1.807, 2.05) is 24.3 Å². The van der Waals surface area contributed by atoms with Crippen LogP contribution in [0.5, 0.6) is 0 Å². The monoisotopic (exact) mass is 303 g/mol. The fraction of sp³-hybridized carbons (Fsp3) is 0.200. The maximum Gasteiger partial charge on any atom is 0.292 e. The first-order chi connectivity index (χ1) is 10.1. The fourth-order valence-electron chi connectivity index (χ4n) is 2.78. The zero-order valence-electron chi connectivity index (χ0n) is 11.1. The summed E-state index contributed by atoms with van der Waals surface area (Å²) in [6.07, 6.45) is 0.697. The Hall–Kier alpha value is -2.11. The summed E-state index contributed by atoms with van der Waals surface area (Å²) in [4.78, 5) is 10.7. The van der Waals surface area contributed by atoms with E-state index in [-0.39, 0.29) is 17.8 Å². The number of anilines is 1. The molecule has 6 heteroatoms. The highest BCUT2D eigenvalue weighted by Crippen LogP contribution is 2.41. The number of nitro groups is 1. The van der Waals surface area contributed by atoms with E-state index < -0.39 is 4.92 Å². The van der Waals surface area contributed by atoms with Crippen molar-refractivity contribution in [2.45, 2.75) is 18.5 Å². The summed E-state index contributed by atoms with van der Waals surface area (Å²) < 4.78 is 0. The molecule has 0 heterocycles. The number of halogens is 1. The van der Waals surface area contributed by atoms with Gasteiger partial charge in [0.25, 0.3) is 5.69 Å². The molecule has 0 amide bonds. The van der Waals surface area contributed by atoms with E-state index in [2.05, 4.69) is 5.32 Å². The van der Waals surface area contributed by atoms with Gasteiger partial charge in [-0.1, -0.05) is 35.9 Å². The molecule has 2 unspecified atom stereocenters. The first-order valence-corrected chi connectivity index (χ1v) is 6.99. The van der Waals surface area contributed by atoms with E-state index in [1.54, 1.807) is 6.07 Å². The van der Waals surface area contributed by atoms with Gasteiger partial charge in [0.1, 0.15) is 5.69 Å². The zero-order chi connectivity index (χ0) is 15.0. The van der Waals surface area contributed by atoms with Crippen molar-refractivity contribution in [3.8, 4) is 0 Å². The minimum absolute atomic E-state index is 0.0114. The summed E-state index contributed by atoms with van der Waals surface area (Å²) in [5.74, 6) is 0. The second kappa shape index (κ2) is 5.35. The van der Waals surface area contributed by atoms with E-state index in [0.29, 0.717) is 17.1 Å². The minimum Gasteiger partial charge on any atom is -0.373 e. The molecule has 3 N–H and O–H groups in total. The fourth-order valence-corrected chi connectivity index (χ4v) is 2.95. The van der Waals surface area contributed by atoms with Crippen molar-refractivity contribution in [1.82, 2.24) is 0 Å². The van der Waals surface area contributed by atoms with Gasteiger partial charge in [0.15, 0.2) is 0 Å². The van der Waals surface area contributed by atoms with Crippen molar-refractivity contribution < 1.29 is 4.92 Å². The predicted molar refractivity (Wildman–Crippen MR) is 82.5 cm³/mol. The third-order valence-electron chi connectivity index (χ3n) is 3.75. The average molecular weight is 304 g/mol. The first kappa shape index (κ1) is 13.9. The molecule has 108 valence electrons. The summed E-state index contributed by atoms with van der Waals surface area (Å²) in [5, 5.41) is 14.8. The normalized spacial score (nSPS) is 20.1. The Labute approximate surface area is 126 Å². The lowest BCUT2D eigenvalue weighted by atomic mass is 10.1. The van der Waals surface area contributed by atoms with E-state index in [0.717, 1.165) is 11.1 Å². The number of hydrogen-bond donors (Lipinski definition) is 2. The van der Waals surface area contributed by atoms with Gasteiger partial charge < -0.3 is 11.1 Å². The quantitative estimate of drug-likeness (QED) is 0.667. The topological polar surface area (TPSA) is 81.2 Å². The summed E-state index contributed by atoms with van der Waals surface area (Å²) >= 11 is 5.95. The van der Waals surface area contributed by atoms with E-state index in [9.17, 15) is 10.1 Å². The van der Waals surface area contributed by atoms with Crippen LogP contribution in [0.2, 0.25) is 5.02 Å². The molecule has 0 saturated carbocycles. The Balaban J connectivity index is 1.95. The lowest BCUT2D eigenvalue weighted by molar-refractivity contribution is -0.384. The van der Waals surface area contributed by atoms with E-state index in [4.69, 9.17) is 17.3 Å². The maximum atomic E-state index is 11.1. The molecule has 0 aliphatic heterocycles. The Bertz CT molecular complexity index is 705. The molecule has 0 radical (unpaired) electrons. The van der Waals surface area contributed by atoms with E-state index >= 15 is 0 Å². The van der Waals surface area contributed by atoms with Crippen LogP contribution in [0.4, 0.5) is 11.4 Å². The molecule has 5 nitrogen and oxygen atoms in total. The molecule has 0 aromatic heterocycles. The molecule has 0 saturated heterocycles. The Morgan fingerprint density at radius 2 is 1.95 bits per heavy atom. The molecule has 3 rings (SSSR count). The largest absolute Gasteiger partial charge is 0.373 e. The minimum atomic E-state index is -0.417. The molecule has 0 fully saturated rings. The number of nitro benzene ring substituents is 1. The van der Waals surface area contributed by atoms with Crippen LogP contribution in [0.25, 0.3) is 0 Å². The number of hydrogen-bond acceptors (Lipinski definition) is 4. The highest BCUT2D eigenvalue weighted by atomic mass is 35.5. The van der Waals surface area contributed by atoms with Gasteiger partial charge >= 0.3 is 0 Å². The molecule has 2 atom stereocenters. The smallest absolute Gasteiger partial charge is 0.292 e. The van der Waals surface area contributed by atoms with Crippen LogP contribution in [0.15, 0.2) is 42.5 Å². The van der Waals surface area contributed by atoms with Gasteiger partial charge in [0, 0.05) is 17.1 Å². The molecule has 21 heavy (non-hydrogen) atoms. The standard InChI is InChI=1S/C15H14ClN3O2/c16-9-5-6-15(19(20)21)14(7-9)18-13-8-12(17)10-3-1-2-4-11(10)13/h1-7,12-13,18H,8,17H2. The number of fused-ring (bicyclic) bond motifs is 1. The number of benzene rings is 2. The van der Waals surface area contributed by atoms with Crippen molar-refractivity contribution >= 4 is 23.0 Å². The van der Waals surface area contributed by atoms with Crippen molar-refractivity contribution in [3.63, 3.8) is 0 Å². The van der Waals surface area contributed by atoms with Gasteiger partial charge in [-0.15, -0.1) is 0 Å². The molecular weight excluding hydrogens is 290 g/mol. The van der Waals surface area contributed by atoms with Crippen molar-refractivity contribution in [1.29, 1.82) is 0 Å². The Morgan fingerprint density at radius 1 is 1.24 bits per heavy atom. The summed E-state index contributed by atoms with van der Waals surface area (Å²) in [7, 11) is 0. The van der Waals surface area contributed by atoms with Crippen LogP contribution >= 0.6 is 11.6 Å². The van der Waals surface area contributed by atoms with Crippen LogP contribution in [-0.4, -0.2) is 4.92 Å². The highest BCUT2D eigenvalue weighted by molar-refractivity contribution is 6.31. The first-order valence-electron chi connectivity index (χ1n) is 6.61. The molecule has 2 aromatic rings. The van der Waals surface area contributed by atoms with Crippen LogP contribution in [0.1, 0.15) is 29.6 Å². The molecule has 1 aliphatic carbocycles. The second-order valence-corrected chi connectivity index (χ2v) is 5.52. The lowest BCUT2D eigenvalue weighted by Crippen LogP contribution is -2.11. The summed E-state index contributed by atoms with van der Waals surface area (Å²) in [6.45, 7) is 0. The van der Waals surface area contributed by atoms with Crippen LogP contribution < -0.4 is 11.1 Å². The lowest BCUT2D eigenvalue weighted by Gasteiger charge is -2.15. The highest BCUT2D eigenvalue weighted by Gasteiger charge is 2.29. The van der Waals surface area contributed by atoms with Crippen molar-refractivity contribution in [2.75, 3.05) is 5.32 Å². The molecular formula is C15H14ClN3O2. The van der Waals surface area contributed by atoms with Gasteiger partial charge in [-0.25, -0.2) is 0 Å². The van der Waals surface area contributed by atoms with E-state index in [1.165, 1.54) is 12.1 Å². The second-order valence-electron chi connectivity index (χ2n) is 5.09. The zero-order valence-corrected chi connectivity index (χ0v) is 11.9. The van der Waals surface area contributed by atoms with Gasteiger partial charge in [-0.05, 0) is 29.7 Å². The number of nitrogens with one attached hydrogen (secondary N) is 1. The summed E-state index contributed by atoms with van der Waals surface area (Å²) in [5.41, 5.74) is 8.71. The number of nitrogens with two attached hydrogens (primary N) is 1. The Kier molecular flexibility index (Phi) is 3.53.